The Morgan fingerprint density at radius 1 is 1.19 bits per heavy atom. The Balaban J connectivity index is 2.06. The lowest BCUT2D eigenvalue weighted by molar-refractivity contribution is -0.169. The molecule has 0 aliphatic carbocycles. The summed E-state index contributed by atoms with van der Waals surface area (Å²) in [5.74, 6) is 0.326. The Bertz CT molecular complexity index is 316. The SMILES string of the molecule is CCN(CC)C(C)(C)C(O)C1CCOC2(CCOCC2)C1. The fourth-order valence-electron chi connectivity index (χ4n) is 4.23. The van der Waals surface area contributed by atoms with Crippen LogP contribution in [0.4, 0.5) is 0 Å². The van der Waals surface area contributed by atoms with Crippen molar-refractivity contribution in [1.29, 1.82) is 0 Å². The highest BCUT2D eigenvalue weighted by Crippen LogP contribution is 2.40. The third kappa shape index (κ3) is 3.61. The third-order valence-electron chi connectivity index (χ3n) is 5.68. The molecular formula is C17H33NO3. The summed E-state index contributed by atoms with van der Waals surface area (Å²) in [6.45, 7) is 13.0. The van der Waals surface area contributed by atoms with Crippen LogP contribution >= 0.6 is 0 Å². The standard InChI is InChI=1S/C17H33NO3/c1-5-18(6-2)16(3,4)15(19)14-7-10-21-17(13-14)8-11-20-12-9-17/h14-15,19H,5-13H2,1-4H3. The maximum atomic E-state index is 11.0. The minimum atomic E-state index is -0.305. The first-order valence-corrected chi connectivity index (χ1v) is 8.60. The highest BCUT2D eigenvalue weighted by Gasteiger charge is 2.45. The number of hydrogen-bond acceptors (Lipinski definition) is 4. The molecule has 4 heteroatoms. The van der Waals surface area contributed by atoms with Crippen LogP contribution in [0.15, 0.2) is 0 Å². The van der Waals surface area contributed by atoms with E-state index in [9.17, 15) is 5.11 Å². The maximum absolute atomic E-state index is 11.0. The van der Waals surface area contributed by atoms with Crippen LogP contribution in [0, 0.1) is 5.92 Å². The summed E-state index contributed by atoms with van der Waals surface area (Å²) in [5.41, 5.74) is -0.223. The van der Waals surface area contributed by atoms with E-state index in [1.165, 1.54) is 0 Å². The van der Waals surface area contributed by atoms with Crippen LogP contribution in [0.25, 0.3) is 0 Å². The van der Waals surface area contributed by atoms with Crippen LogP contribution < -0.4 is 0 Å². The van der Waals surface area contributed by atoms with Crippen LogP contribution in [0.5, 0.6) is 0 Å². The third-order valence-corrected chi connectivity index (χ3v) is 5.68. The summed E-state index contributed by atoms with van der Waals surface area (Å²) < 4.78 is 11.6. The molecule has 2 fully saturated rings. The number of aliphatic hydroxyl groups is 1. The molecule has 124 valence electrons. The largest absolute Gasteiger partial charge is 0.391 e. The van der Waals surface area contributed by atoms with Crippen molar-refractivity contribution in [2.75, 3.05) is 32.9 Å². The molecule has 2 aliphatic heterocycles. The fourth-order valence-corrected chi connectivity index (χ4v) is 4.23. The van der Waals surface area contributed by atoms with Gasteiger partial charge in [-0.15, -0.1) is 0 Å². The predicted octanol–water partition coefficient (Wildman–Crippen LogP) is 2.44. The second kappa shape index (κ2) is 6.95. The van der Waals surface area contributed by atoms with Crippen LogP contribution in [-0.2, 0) is 9.47 Å². The Labute approximate surface area is 129 Å². The van der Waals surface area contributed by atoms with E-state index in [2.05, 4.69) is 32.6 Å². The second-order valence-corrected chi connectivity index (χ2v) is 7.17. The lowest BCUT2D eigenvalue weighted by Crippen LogP contribution is -2.57. The summed E-state index contributed by atoms with van der Waals surface area (Å²) in [5, 5.41) is 11.0. The van der Waals surface area contributed by atoms with Gasteiger partial charge in [0.1, 0.15) is 0 Å². The minimum absolute atomic E-state index is 0.0402. The van der Waals surface area contributed by atoms with Gasteiger partial charge in [-0.05, 0) is 58.5 Å². The average molecular weight is 299 g/mol. The van der Waals surface area contributed by atoms with E-state index in [4.69, 9.17) is 9.47 Å². The molecule has 2 rings (SSSR count). The van der Waals surface area contributed by atoms with Crippen LogP contribution in [0.3, 0.4) is 0 Å². The molecule has 21 heavy (non-hydrogen) atoms. The number of hydrogen-bond donors (Lipinski definition) is 1. The number of aliphatic hydroxyl groups excluding tert-OH is 1. The first-order chi connectivity index (χ1) is 9.95. The zero-order chi connectivity index (χ0) is 15.5. The van der Waals surface area contributed by atoms with Crippen molar-refractivity contribution in [3.8, 4) is 0 Å². The molecule has 2 aliphatic rings. The molecule has 1 spiro atoms. The van der Waals surface area contributed by atoms with E-state index in [1.54, 1.807) is 0 Å². The number of ether oxygens (including phenoxy) is 2. The van der Waals surface area contributed by atoms with Gasteiger partial charge in [0.05, 0.1) is 11.7 Å². The van der Waals surface area contributed by atoms with E-state index in [1.807, 2.05) is 0 Å². The van der Waals surface area contributed by atoms with Crippen molar-refractivity contribution in [2.45, 2.75) is 70.6 Å². The van der Waals surface area contributed by atoms with Gasteiger partial charge in [0.25, 0.3) is 0 Å². The molecule has 0 aromatic heterocycles. The van der Waals surface area contributed by atoms with Gasteiger partial charge in [-0.1, -0.05) is 13.8 Å². The molecular weight excluding hydrogens is 266 g/mol. The molecule has 2 atom stereocenters. The fraction of sp³-hybridized carbons (Fsp3) is 1.00. The van der Waals surface area contributed by atoms with Crippen LogP contribution in [-0.4, -0.2) is 60.2 Å². The molecule has 0 aromatic rings. The Morgan fingerprint density at radius 3 is 2.38 bits per heavy atom. The van der Waals surface area contributed by atoms with E-state index >= 15 is 0 Å². The Kier molecular flexibility index (Phi) is 5.69. The average Bonchev–Trinajstić information content (AvgIpc) is 2.48. The number of likely N-dealkylation sites (N-methyl/N-ethyl adjacent to an activating group) is 1. The van der Waals surface area contributed by atoms with Gasteiger partial charge in [-0.25, -0.2) is 0 Å². The highest BCUT2D eigenvalue weighted by molar-refractivity contribution is 4.97. The van der Waals surface area contributed by atoms with E-state index < -0.39 is 0 Å². The monoisotopic (exact) mass is 299 g/mol. The molecule has 0 bridgehead atoms. The quantitative estimate of drug-likeness (QED) is 0.847. The van der Waals surface area contributed by atoms with Crippen molar-refractivity contribution >= 4 is 0 Å². The molecule has 1 N–H and O–H groups in total. The predicted molar refractivity (Wildman–Crippen MR) is 84.5 cm³/mol. The lowest BCUT2D eigenvalue weighted by Gasteiger charge is -2.49. The highest BCUT2D eigenvalue weighted by atomic mass is 16.5. The molecule has 0 radical (unpaired) electrons. The topological polar surface area (TPSA) is 41.9 Å². The molecule has 2 heterocycles. The van der Waals surface area contributed by atoms with Crippen molar-refractivity contribution in [3.05, 3.63) is 0 Å². The maximum Gasteiger partial charge on any atom is 0.0748 e. The molecule has 2 saturated heterocycles. The smallest absolute Gasteiger partial charge is 0.0748 e. The van der Waals surface area contributed by atoms with Crippen molar-refractivity contribution in [3.63, 3.8) is 0 Å². The zero-order valence-electron chi connectivity index (χ0n) is 14.2. The van der Waals surface area contributed by atoms with Gasteiger partial charge in [-0.3, -0.25) is 4.90 Å². The zero-order valence-corrected chi connectivity index (χ0v) is 14.2. The van der Waals surface area contributed by atoms with E-state index in [0.29, 0.717) is 5.92 Å². The van der Waals surface area contributed by atoms with Crippen LogP contribution in [0.2, 0.25) is 0 Å². The van der Waals surface area contributed by atoms with Crippen molar-refractivity contribution in [2.24, 2.45) is 5.92 Å². The van der Waals surface area contributed by atoms with E-state index in [0.717, 1.165) is 58.6 Å². The van der Waals surface area contributed by atoms with Gasteiger partial charge >= 0.3 is 0 Å². The molecule has 0 aromatic carbocycles. The van der Waals surface area contributed by atoms with Gasteiger partial charge < -0.3 is 14.6 Å². The van der Waals surface area contributed by atoms with Gasteiger partial charge in [0.2, 0.25) is 0 Å². The van der Waals surface area contributed by atoms with Gasteiger partial charge in [0.15, 0.2) is 0 Å². The van der Waals surface area contributed by atoms with Crippen LogP contribution in [0.1, 0.15) is 53.4 Å². The summed E-state index contributed by atoms with van der Waals surface area (Å²) in [4.78, 5) is 2.36. The summed E-state index contributed by atoms with van der Waals surface area (Å²) in [6.07, 6.45) is 3.58. The Morgan fingerprint density at radius 2 is 1.81 bits per heavy atom. The number of nitrogens with zero attached hydrogens (tertiary/aromatic N) is 1. The van der Waals surface area contributed by atoms with Gasteiger partial charge in [-0.2, -0.15) is 0 Å². The Hall–Kier alpha value is -0.160. The molecule has 2 unspecified atom stereocenters. The second-order valence-electron chi connectivity index (χ2n) is 7.17. The summed E-state index contributed by atoms with van der Waals surface area (Å²) in [7, 11) is 0. The molecule has 0 saturated carbocycles. The first kappa shape index (κ1) is 17.2. The van der Waals surface area contributed by atoms with E-state index in [-0.39, 0.29) is 17.2 Å². The first-order valence-electron chi connectivity index (χ1n) is 8.60. The number of rotatable bonds is 5. The summed E-state index contributed by atoms with van der Waals surface area (Å²) in [6, 6.07) is 0. The lowest BCUT2D eigenvalue weighted by atomic mass is 9.74. The van der Waals surface area contributed by atoms with Gasteiger partial charge in [0, 0.05) is 25.4 Å². The normalized spacial score (nSPS) is 28.0. The molecule has 4 nitrogen and oxygen atoms in total. The van der Waals surface area contributed by atoms with Crippen molar-refractivity contribution < 1.29 is 14.6 Å². The van der Waals surface area contributed by atoms with Crippen molar-refractivity contribution in [1.82, 2.24) is 4.90 Å². The molecule has 0 amide bonds. The minimum Gasteiger partial charge on any atom is -0.391 e. The summed E-state index contributed by atoms with van der Waals surface area (Å²) >= 11 is 0.